The molecule has 2 N–H and O–H groups in total. The van der Waals surface area contributed by atoms with Crippen LogP contribution in [0.1, 0.15) is 35.5 Å². The maximum atomic E-state index is 15.2. The van der Waals surface area contributed by atoms with E-state index in [1.165, 1.54) is 11.0 Å². The Hall–Kier alpha value is -4.64. The zero-order valence-electron chi connectivity index (χ0n) is 20.1. The highest BCUT2D eigenvalue weighted by molar-refractivity contribution is 6.31. The number of carbonyl (C=O) groups excluding carboxylic acids is 1. The zero-order chi connectivity index (χ0) is 26.4. The molecular weight excluding hydrogens is 523 g/mol. The van der Waals surface area contributed by atoms with E-state index >= 15 is 4.39 Å². The highest BCUT2D eigenvalue weighted by Crippen LogP contribution is 2.60. The van der Waals surface area contributed by atoms with Gasteiger partial charge in [-0.2, -0.15) is 9.07 Å². The molecule has 0 radical (unpaired) electrons. The van der Waals surface area contributed by atoms with Gasteiger partial charge in [-0.05, 0) is 70.3 Å². The van der Waals surface area contributed by atoms with Gasteiger partial charge in [-0.25, -0.2) is 4.98 Å². The molecule has 5 heterocycles. The summed E-state index contributed by atoms with van der Waals surface area (Å²) in [6.45, 7) is 0. The summed E-state index contributed by atoms with van der Waals surface area (Å²) in [5.41, 5.74) is 5.20. The predicted octanol–water partition coefficient (Wildman–Crippen LogP) is 3.87. The van der Waals surface area contributed by atoms with Crippen LogP contribution in [0.5, 0.6) is 0 Å². The van der Waals surface area contributed by atoms with Crippen molar-refractivity contribution in [3.8, 4) is 28.1 Å². The van der Waals surface area contributed by atoms with Crippen LogP contribution in [0.15, 0.2) is 59.7 Å². The largest absolute Gasteiger partial charge is 0.338 e. The van der Waals surface area contributed by atoms with E-state index in [0.717, 1.165) is 28.9 Å². The van der Waals surface area contributed by atoms with E-state index in [9.17, 15) is 9.59 Å². The number of nitrogens with zero attached hydrogens (tertiary/aromatic N) is 6. The van der Waals surface area contributed by atoms with Crippen LogP contribution in [0.4, 0.5) is 10.1 Å². The molecule has 5 aromatic rings. The maximum absolute atomic E-state index is 15.2. The molecule has 10 nitrogen and oxygen atoms in total. The van der Waals surface area contributed by atoms with Crippen molar-refractivity contribution in [2.75, 3.05) is 5.32 Å². The van der Waals surface area contributed by atoms with Gasteiger partial charge in [-0.3, -0.25) is 9.59 Å². The summed E-state index contributed by atoms with van der Waals surface area (Å²) in [5.74, 6) is 0.00778. The fraction of sp³-hybridized carbons (Fsp3) is 0.185. The second-order valence-corrected chi connectivity index (χ2v) is 10.6. The maximum Gasteiger partial charge on any atom is 0.252 e. The van der Waals surface area contributed by atoms with Crippen molar-refractivity contribution in [3.63, 3.8) is 0 Å². The van der Waals surface area contributed by atoms with Gasteiger partial charge in [0.25, 0.3) is 5.56 Å². The molecule has 39 heavy (non-hydrogen) atoms. The molecular formula is C27H18ClFN8O2. The molecule has 3 aromatic heterocycles. The van der Waals surface area contributed by atoms with Gasteiger partial charge in [0.15, 0.2) is 0 Å². The fourth-order valence-corrected chi connectivity index (χ4v) is 6.23. The second kappa shape index (κ2) is 7.93. The van der Waals surface area contributed by atoms with Crippen molar-refractivity contribution in [1.82, 2.24) is 34.7 Å². The first-order chi connectivity index (χ1) is 18.9. The highest BCUT2D eigenvalue weighted by atomic mass is 35.5. The van der Waals surface area contributed by atoms with Crippen LogP contribution in [0.2, 0.25) is 5.02 Å². The van der Waals surface area contributed by atoms with Crippen LogP contribution in [-0.4, -0.2) is 40.6 Å². The number of carbonyl (C=O) groups is 1. The second-order valence-electron chi connectivity index (χ2n) is 10.1. The van der Waals surface area contributed by atoms with Gasteiger partial charge in [-0.15, -0.1) is 5.10 Å². The number of halogens is 2. The minimum atomic E-state index is -0.637. The normalized spacial score (nSPS) is 20.5. The lowest BCUT2D eigenvalue weighted by atomic mass is 10.0. The van der Waals surface area contributed by atoms with Gasteiger partial charge in [-0.1, -0.05) is 17.7 Å². The molecule has 12 heteroatoms. The number of benzene rings is 2. The first-order valence-corrected chi connectivity index (χ1v) is 12.8. The standard InChI is InChI=1S/C27H18ClFN8O2/c28-15-2-4-20(36-11-30-34-35-36)16(9-15)13-6-21-17-10-18(17)25(37(21)23(39)8-13)27-32-24(26(29)33-27)12-1-3-19-14(5-12)7-22(38)31-19/h1-6,8-9,11,17-18,25H,7,10H2,(H,31,38)(H,32,33). The fourth-order valence-electron chi connectivity index (χ4n) is 6.06. The monoisotopic (exact) mass is 540 g/mol. The van der Waals surface area contributed by atoms with Crippen LogP contribution < -0.4 is 10.9 Å². The Kier molecular flexibility index (Phi) is 4.55. The quantitative estimate of drug-likeness (QED) is 0.357. The predicted molar refractivity (Wildman–Crippen MR) is 139 cm³/mol. The number of imidazole rings is 1. The summed E-state index contributed by atoms with van der Waals surface area (Å²) in [7, 11) is 0. The van der Waals surface area contributed by atoms with E-state index in [1.807, 2.05) is 6.07 Å². The number of pyridine rings is 1. The Bertz CT molecular complexity index is 1900. The van der Waals surface area contributed by atoms with Gasteiger partial charge in [0.1, 0.15) is 17.8 Å². The number of anilines is 1. The molecule has 1 aliphatic carbocycles. The summed E-state index contributed by atoms with van der Waals surface area (Å²) in [4.78, 5) is 32.7. The topological polar surface area (TPSA) is 123 Å². The summed E-state index contributed by atoms with van der Waals surface area (Å²) in [5, 5.41) is 14.7. The average molecular weight is 541 g/mol. The molecule has 3 aliphatic rings. The highest BCUT2D eigenvalue weighted by Gasteiger charge is 2.54. The van der Waals surface area contributed by atoms with Crippen LogP contribution in [0.3, 0.4) is 0 Å². The lowest BCUT2D eigenvalue weighted by molar-refractivity contribution is -0.115. The number of rotatable bonds is 4. The smallest absolute Gasteiger partial charge is 0.252 e. The van der Waals surface area contributed by atoms with Gasteiger partial charge in [0.05, 0.1) is 18.2 Å². The Balaban J connectivity index is 1.20. The van der Waals surface area contributed by atoms with Crippen molar-refractivity contribution in [2.24, 2.45) is 5.92 Å². The number of amides is 1. The SMILES string of the molecule is O=C1Cc2cc(-c3[nH]c(C4C5CC5c5cc(-c6cc(Cl)ccc6-n6cnnn6)cc(=O)n54)nc3F)ccc2N1. The number of H-pyrrole nitrogens is 1. The molecule has 1 fully saturated rings. The number of aromatic nitrogens is 7. The van der Waals surface area contributed by atoms with E-state index in [0.29, 0.717) is 27.7 Å². The number of nitrogens with one attached hydrogen (secondary N) is 2. The molecule has 0 spiro atoms. The molecule has 2 aliphatic heterocycles. The average Bonchev–Trinajstić information content (AvgIpc) is 3.29. The van der Waals surface area contributed by atoms with Crippen LogP contribution in [0, 0.1) is 11.9 Å². The van der Waals surface area contributed by atoms with Crippen molar-refractivity contribution in [3.05, 3.63) is 93.3 Å². The Labute approximate surface area is 224 Å². The molecule has 3 unspecified atom stereocenters. The molecule has 8 rings (SSSR count). The number of hydrogen-bond acceptors (Lipinski definition) is 6. The Morgan fingerprint density at radius 1 is 1.05 bits per heavy atom. The van der Waals surface area contributed by atoms with Crippen LogP contribution >= 0.6 is 11.6 Å². The minimum Gasteiger partial charge on any atom is -0.338 e. The lowest BCUT2D eigenvalue weighted by Crippen LogP contribution is -2.26. The van der Waals surface area contributed by atoms with Crippen LogP contribution in [-0.2, 0) is 11.2 Å². The minimum absolute atomic E-state index is 0.0862. The number of hydrogen-bond donors (Lipinski definition) is 2. The van der Waals surface area contributed by atoms with Gasteiger partial charge >= 0.3 is 0 Å². The summed E-state index contributed by atoms with van der Waals surface area (Å²) < 4.78 is 18.4. The van der Waals surface area contributed by atoms with Gasteiger partial charge < -0.3 is 14.9 Å². The summed E-state index contributed by atoms with van der Waals surface area (Å²) >= 11 is 6.32. The molecule has 0 saturated heterocycles. The number of aromatic amines is 1. The third-order valence-corrected chi connectivity index (χ3v) is 8.08. The Morgan fingerprint density at radius 3 is 2.79 bits per heavy atom. The molecule has 2 aromatic carbocycles. The molecule has 3 atom stereocenters. The number of fused-ring (bicyclic) bond motifs is 4. The van der Waals surface area contributed by atoms with Crippen LogP contribution in [0.25, 0.3) is 28.1 Å². The number of tetrazole rings is 1. The lowest BCUT2D eigenvalue weighted by Gasteiger charge is -2.17. The molecule has 0 bridgehead atoms. The molecule has 1 saturated carbocycles. The third kappa shape index (κ3) is 3.39. The van der Waals surface area contributed by atoms with E-state index < -0.39 is 12.0 Å². The van der Waals surface area contributed by atoms with Crippen molar-refractivity contribution in [2.45, 2.75) is 24.8 Å². The Morgan fingerprint density at radius 2 is 1.95 bits per heavy atom. The van der Waals surface area contributed by atoms with Crippen molar-refractivity contribution < 1.29 is 9.18 Å². The van der Waals surface area contributed by atoms with E-state index in [-0.39, 0.29) is 35.4 Å². The summed E-state index contributed by atoms with van der Waals surface area (Å²) in [6.07, 6.45) is 2.62. The first kappa shape index (κ1) is 22.4. The third-order valence-electron chi connectivity index (χ3n) is 7.84. The van der Waals surface area contributed by atoms with E-state index in [1.54, 1.807) is 47.0 Å². The zero-order valence-corrected chi connectivity index (χ0v) is 20.9. The van der Waals surface area contributed by atoms with Crippen molar-refractivity contribution in [1.29, 1.82) is 0 Å². The van der Waals surface area contributed by atoms with E-state index in [4.69, 9.17) is 11.6 Å². The van der Waals surface area contributed by atoms with Gasteiger partial charge in [0.2, 0.25) is 11.9 Å². The van der Waals surface area contributed by atoms with Gasteiger partial charge in [0, 0.05) is 39.5 Å². The molecule has 192 valence electrons. The molecule has 1 amide bonds. The van der Waals surface area contributed by atoms with E-state index in [2.05, 4.69) is 30.8 Å². The van der Waals surface area contributed by atoms with Crippen molar-refractivity contribution >= 4 is 23.2 Å². The summed E-state index contributed by atoms with van der Waals surface area (Å²) in [6, 6.07) is 13.8. The first-order valence-electron chi connectivity index (χ1n) is 12.4.